The first-order valence-corrected chi connectivity index (χ1v) is 6.97. The standard InChI is InChI=1S/C15H21N3O2/c1-9(5-10-3-2-4-10)18-13-7-11(14(16)19)6-12(8-13)15(17)20/h6-10,18H,2-5H2,1H3,(H2,16,19)(H2,17,20). The summed E-state index contributed by atoms with van der Waals surface area (Å²) < 4.78 is 0. The maximum atomic E-state index is 11.3. The predicted molar refractivity (Wildman–Crippen MR) is 78.5 cm³/mol. The number of carbonyl (C=O) groups is 2. The summed E-state index contributed by atoms with van der Waals surface area (Å²) in [5, 5.41) is 3.32. The average Bonchev–Trinajstić information content (AvgIpc) is 2.33. The molecule has 20 heavy (non-hydrogen) atoms. The zero-order valence-corrected chi connectivity index (χ0v) is 11.7. The molecule has 2 amide bonds. The SMILES string of the molecule is CC(CC1CCC1)Nc1cc(C(N)=O)cc(C(N)=O)c1. The molecule has 1 atom stereocenters. The van der Waals surface area contributed by atoms with E-state index in [2.05, 4.69) is 12.2 Å². The Morgan fingerprint density at radius 3 is 2.15 bits per heavy atom. The topological polar surface area (TPSA) is 98.2 Å². The summed E-state index contributed by atoms with van der Waals surface area (Å²) in [6, 6.07) is 5.02. The van der Waals surface area contributed by atoms with Gasteiger partial charge in [0.1, 0.15) is 0 Å². The first-order chi connectivity index (χ1) is 9.45. The van der Waals surface area contributed by atoms with Crippen molar-refractivity contribution in [2.24, 2.45) is 17.4 Å². The number of carbonyl (C=O) groups excluding carboxylic acids is 2. The van der Waals surface area contributed by atoms with Crippen LogP contribution in [-0.2, 0) is 0 Å². The minimum atomic E-state index is -0.567. The van der Waals surface area contributed by atoms with E-state index < -0.39 is 11.8 Å². The number of amides is 2. The van der Waals surface area contributed by atoms with Gasteiger partial charge in [0.2, 0.25) is 11.8 Å². The summed E-state index contributed by atoms with van der Waals surface area (Å²) in [6.07, 6.45) is 4.99. The van der Waals surface area contributed by atoms with E-state index in [9.17, 15) is 9.59 Å². The molecule has 0 aliphatic heterocycles. The largest absolute Gasteiger partial charge is 0.383 e. The van der Waals surface area contributed by atoms with Gasteiger partial charge in [0.15, 0.2) is 0 Å². The number of hydrogen-bond donors (Lipinski definition) is 3. The number of nitrogens with two attached hydrogens (primary N) is 2. The van der Waals surface area contributed by atoms with E-state index >= 15 is 0 Å². The van der Waals surface area contributed by atoms with Gasteiger partial charge in [-0.2, -0.15) is 0 Å². The third-order valence-corrected chi connectivity index (χ3v) is 3.83. The molecule has 1 aliphatic rings. The Bertz CT molecular complexity index is 492. The highest BCUT2D eigenvalue weighted by atomic mass is 16.1. The second kappa shape index (κ2) is 5.94. The quantitative estimate of drug-likeness (QED) is 0.739. The lowest BCUT2D eigenvalue weighted by atomic mass is 9.81. The highest BCUT2D eigenvalue weighted by Crippen LogP contribution is 2.31. The highest BCUT2D eigenvalue weighted by Gasteiger charge is 2.20. The fourth-order valence-electron chi connectivity index (χ4n) is 2.57. The molecule has 1 aliphatic carbocycles. The summed E-state index contributed by atoms with van der Waals surface area (Å²) in [5.74, 6) is -0.349. The Morgan fingerprint density at radius 2 is 1.75 bits per heavy atom. The van der Waals surface area contributed by atoms with Gasteiger partial charge in [0.05, 0.1) is 0 Å². The van der Waals surface area contributed by atoms with E-state index in [4.69, 9.17) is 11.5 Å². The molecule has 1 aromatic rings. The number of hydrogen-bond acceptors (Lipinski definition) is 3. The molecule has 0 saturated heterocycles. The van der Waals surface area contributed by atoms with Gasteiger partial charge in [-0.1, -0.05) is 19.3 Å². The minimum Gasteiger partial charge on any atom is -0.383 e. The Balaban J connectivity index is 2.12. The van der Waals surface area contributed by atoms with Crippen molar-refractivity contribution >= 4 is 17.5 Å². The summed E-state index contributed by atoms with van der Waals surface area (Å²) in [4.78, 5) is 22.6. The van der Waals surface area contributed by atoms with Crippen LogP contribution in [0.25, 0.3) is 0 Å². The lowest BCUT2D eigenvalue weighted by Gasteiger charge is -2.29. The number of benzene rings is 1. The molecular formula is C15H21N3O2. The summed E-state index contributed by atoms with van der Waals surface area (Å²) in [6.45, 7) is 2.10. The van der Waals surface area contributed by atoms with Gasteiger partial charge in [0.25, 0.3) is 0 Å². The van der Waals surface area contributed by atoms with E-state index in [1.54, 1.807) is 12.1 Å². The van der Waals surface area contributed by atoms with Gasteiger partial charge in [-0.15, -0.1) is 0 Å². The second-order valence-electron chi connectivity index (χ2n) is 5.61. The minimum absolute atomic E-state index is 0.282. The van der Waals surface area contributed by atoms with Crippen LogP contribution in [0.15, 0.2) is 18.2 Å². The van der Waals surface area contributed by atoms with Crippen LogP contribution in [0.5, 0.6) is 0 Å². The fourth-order valence-corrected chi connectivity index (χ4v) is 2.57. The van der Waals surface area contributed by atoms with Gasteiger partial charge in [-0.25, -0.2) is 0 Å². The number of rotatable bonds is 6. The Morgan fingerprint density at radius 1 is 1.20 bits per heavy atom. The van der Waals surface area contributed by atoms with Gasteiger partial charge in [0, 0.05) is 22.9 Å². The molecule has 1 saturated carbocycles. The summed E-state index contributed by atoms with van der Waals surface area (Å²) in [7, 11) is 0. The zero-order chi connectivity index (χ0) is 14.7. The molecule has 5 heteroatoms. The Hall–Kier alpha value is -2.04. The van der Waals surface area contributed by atoms with Crippen LogP contribution >= 0.6 is 0 Å². The van der Waals surface area contributed by atoms with E-state index in [-0.39, 0.29) is 6.04 Å². The molecule has 1 fully saturated rings. The van der Waals surface area contributed by atoms with Gasteiger partial charge < -0.3 is 16.8 Å². The molecule has 0 spiro atoms. The molecular weight excluding hydrogens is 254 g/mol. The third kappa shape index (κ3) is 3.50. The van der Waals surface area contributed by atoms with Crippen molar-refractivity contribution in [3.63, 3.8) is 0 Å². The molecule has 2 rings (SSSR count). The van der Waals surface area contributed by atoms with Gasteiger partial charge in [-0.3, -0.25) is 9.59 Å². The van der Waals surface area contributed by atoms with Crippen molar-refractivity contribution in [1.29, 1.82) is 0 Å². The highest BCUT2D eigenvalue weighted by molar-refractivity contribution is 5.99. The normalized spacial score (nSPS) is 16.2. The van der Waals surface area contributed by atoms with Crippen LogP contribution in [-0.4, -0.2) is 17.9 Å². The van der Waals surface area contributed by atoms with Gasteiger partial charge >= 0.3 is 0 Å². The number of anilines is 1. The van der Waals surface area contributed by atoms with Crippen molar-refractivity contribution in [3.8, 4) is 0 Å². The number of nitrogens with one attached hydrogen (secondary N) is 1. The zero-order valence-electron chi connectivity index (χ0n) is 11.7. The summed E-state index contributed by atoms with van der Waals surface area (Å²) in [5.41, 5.74) is 11.8. The lowest BCUT2D eigenvalue weighted by molar-refractivity contribution is 0.0999. The van der Waals surface area contributed by atoms with Crippen molar-refractivity contribution in [1.82, 2.24) is 0 Å². The van der Waals surface area contributed by atoms with Crippen molar-refractivity contribution in [2.75, 3.05) is 5.32 Å². The van der Waals surface area contributed by atoms with Crippen LogP contribution in [0.4, 0.5) is 5.69 Å². The molecule has 0 heterocycles. The molecule has 0 bridgehead atoms. The van der Waals surface area contributed by atoms with E-state index in [1.807, 2.05) is 0 Å². The molecule has 0 radical (unpaired) electrons. The van der Waals surface area contributed by atoms with Crippen molar-refractivity contribution < 1.29 is 9.59 Å². The van der Waals surface area contributed by atoms with Crippen molar-refractivity contribution in [3.05, 3.63) is 29.3 Å². The van der Waals surface area contributed by atoms with Crippen LogP contribution in [0.1, 0.15) is 53.3 Å². The Kier molecular flexibility index (Phi) is 4.27. The van der Waals surface area contributed by atoms with Crippen molar-refractivity contribution in [2.45, 2.75) is 38.6 Å². The second-order valence-corrected chi connectivity index (χ2v) is 5.61. The van der Waals surface area contributed by atoms with Crippen LogP contribution in [0.3, 0.4) is 0 Å². The predicted octanol–water partition coefficient (Wildman–Crippen LogP) is 1.88. The van der Waals surface area contributed by atoms with E-state index in [0.717, 1.165) is 12.3 Å². The van der Waals surface area contributed by atoms with E-state index in [1.165, 1.54) is 25.3 Å². The molecule has 0 aromatic heterocycles. The molecule has 108 valence electrons. The molecule has 5 nitrogen and oxygen atoms in total. The maximum Gasteiger partial charge on any atom is 0.248 e. The first-order valence-electron chi connectivity index (χ1n) is 6.97. The molecule has 5 N–H and O–H groups in total. The van der Waals surface area contributed by atoms with Gasteiger partial charge in [-0.05, 0) is 37.5 Å². The Labute approximate surface area is 118 Å². The monoisotopic (exact) mass is 275 g/mol. The number of primary amides is 2. The molecule has 1 aromatic carbocycles. The third-order valence-electron chi connectivity index (χ3n) is 3.83. The van der Waals surface area contributed by atoms with Crippen LogP contribution in [0.2, 0.25) is 0 Å². The van der Waals surface area contributed by atoms with E-state index in [0.29, 0.717) is 16.8 Å². The fraction of sp³-hybridized carbons (Fsp3) is 0.467. The smallest absolute Gasteiger partial charge is 0.248 e. The maximum absolute atomic E-state index is 11.3. The lowest BCUT2D eigenvalue weighted by Crippen LogP contribution is -2.24. The molecule has 1 unspecified atom stereocenters. The van der Waals surface area contributed by atoms with Crippen LogP contribution < -0.4 is 16.8 Å². The van der Waals surface area contributed by atoms with Crippen LogP contribution in [0, 0.1) is 5.92 Å². The summed E-state index contributed by atoms with van der Waals surface area (Å²) >= 11 is 0. The first kappa shape index (κ1) is 14.4. The average molecular weight is 275 g/mol.